The summed E-state index contributed by atoms with van der Waals surface area (Å²) in [7, 11) is 0. The normalized spacial score (nSPS) is 36.7. The lowest BCUT2D eigenvalue weighted by Gasteiger charge is -2.42. The maximum atomic E-state index is 12.2. The van der Waals surface area contributed by atoms with E-state index in [0.717, 1.165) is 19.0 Å². The number of rotatable bonds is 3. The van der Waals surface area contributed by atoms with Crippen LogP contribution in [0.2, 0.25) is 0 Å². The van der Waals surface area contributed by atoms with Crippen molar-refractivity contribution in [3.05, 3.63) is 0 Å². The largest absolute Gasteiger partial charge is 0.445 e. The molecular weight excluding hydrogens is 226 g/mol. The fraction of sp³-hybridized carbons (Fsp3) is 0.933. The zero-order chi connectivity index (χ0) is 13.6. The van der Waals surface area contributed by atoms with Gasteiger partial charge in [-0.3, -0.25) is 0 Å². The second kappa shape index (κ2) is 4.43. The van der Waals surface area contributed by atoms with Crippen LogP contribution < -0.4 is 0 Å². The van der Waals surface area contributed by atoms with Gasteiger partial charge < -0.3 is 9.64 Å². The quantitative estimate of drug-likeness (QED) is 0.768. The monoisotopic (exact) mass is 253 g/mol. The highest BCUT2D eigenvalue weighted by Gasteiger charge is 2.61. The molecule has 18 heavy (non-hydrogen) atoms. The molecule has 2 rings (SSSR count). The van der Waals surface area contributed by atoms with Crippen LogP contribution in [0.25, 0.3) is 0 Å². The van der Waals surface area contributed by atoms with Crippen molar-refractivity contribution in [3.8, 4) is 0 Å². The van der Waals surface area contributed by atoms with Gasteiger partial charge in [-0.15, -0.1) is 0 Å². The zero-order valence-corrected chi connectivity index (χ0v) is 12.5. The minimum atomic E-state index is -0.133. The molecular formula is C15H27NO2. The number of fused-ring (bicyclic) bond motifs is 2. The summed E-state index contributed by atoms with van der Waals surface area (Å²) in [5.41, 5.74) is 0.340. The van der Waals surface area contributed by atoms with E-state index in [1.165, 1.54) is 19.3 Å². The molecule has 104 valence electrons. The number of hydrogen-bond acceptors (Lipinski definition) is 2. The van der Waals surface area contributed by atoms with E-state index in [-0.39, 0.29) is 23.0 Å². The third-order valence-electron chi connectivity index (χ3n) is 5.38. The molecule has 2 fully saturated rings. The summed E-state index contributed by atoms with van der Waals surface area (Å²) in [6, 6.07) is 0. The van der Waals surface area contributed by atoms with Crippen molar-refractivity contribution in [1.29, 1.82) is 0 Å². The second-order valence-electron chi connectivity index (χ2n) is 6.85. The summed E-state index contributed by atoms with van der Waals surface area (Å²) in [4.78, 5) is 13.9. The van der Waals surface area contributed by atoms with Crippen molar-refractivity contribution in [1.82, 2.24) is 4.90 Å². The smallest absolute Gasteiger partial charge is 0.410 e. The van der Waals surface area contributed by atoms with Crippen molar-refractivity contribution in [3.63, 3.8) is 0 Å². The van der Waals surface area contributed by atoms with E-state index in [0.29, 0.717) is 0 Å². The van der Waals surface area contributed by atoms with Crippen LogP contribution in [-0.2, 0) is 4.74 Å². The van der Waals surface area contributed by atoms with Gasteiger partial charge in [0.1, 0.15) is 6.10 Å². The third-order valence-corrected chi connectivity index (χ3v) is 5.38. The number of amides is 1. The molecule has 0 N–H and O–H groups in total. The van der Waals surface area contributed by atoms with Crippen LogP contribution in [0.15, 0.2) is 0 Å². The standard InChI is InChI=1S/C15H27NO2/c1-6-16(7-2)13(17)18-12-14(3,4)11-8-9-15(12,5)10-11/h11-12H,6-10H2,1-5H3/t11-,12+,15+/m0/s1. The first-order valence-electron chi connectivity index (χ1n) is 7.30. The van der Waals surface area contributed by atoms with Gasteiger partial charge in [0.15, 0.2) is 0 Å². The Balaban J connectivity index is 2.11. The van der Waals surface area contributed by atoms with E-state index in [1.54, 1.807) is 4.90 Å². The van der Waals surface area contributed by atoms with Gasteiger partial charge >= 0.3 is 6.09 Å². The van der Waals surface area contributed by atoms with Crippen molar-refractivity contribution in [2.24, 2.45) is 16.7 Å². The molecule has 0 aromatic heterocycles. The van der Waals surface area contributed by atoms with Gasteiger partial charge in [-0.05, 0) is 39.0 Å². The molecule has 0 aromatic carbocycles. The molecule has 3 nitrogen and oxygen atoms in total. The number of nitrogens with zero attached hydrogens (tertiary/aromatic N) is 1. The van der Waals surface area contributed by atoms with Gasteiger partial charge in [0.25, 0.3) is 0 Å². The van der Waals surface area contributed by atoms with Crippen LogP contribution in [0.1, 0.15) is 53.9 Å². The van der Waals surface area contributed by atoms with E-state index in [4.69, 9.17) is 4.74 Å². The van der Waals surface area contributed by atoms with Crippen molar-refractivity contribution in [2.45, 2.75) is 60.0 Å². The van der Waals surface area contributed by atoms with Gasteiger partial charge in [-0.2, -0.15) is 0 Å². The fourth-order valence-corrected chi connectivity index (χ4v) is 4.21. The molecule has 2 aliphatic rings. The molecule has 0 radical (unpaired) electrons. The minimum absolute atomic E-state index is 0.0804. The van der Waals surface area contributed by atoms with Crippen LogP contribution in [0.3, 0.4) is 0 Å². The average Bonchev–Trinajstić information content (AvgIpc) is 2.77. The first-order chi connectivity index (χ1) is 8.35. The number of carbonyl (C=O) groups excluding carboxylic acids is 1. The third kappa shape index (κ3) is 1.92. The summed E-state index contributed by atoms with van der Waals surface area (Å²) in [5, 5.41) is 0. The molecule has 3 atom stereocenters. The number of ether oxygens (including phenoxy) is 1. The summed E-state index contributed by atoms with van der Waals surface area (Å²) < 4.78 is 5.89. The van der Waals surface area contributed by atoms with Gasteiger partial charge in [0, 0.05) is 23.9 Å². The van der Waals surface area contributed by atoms with Crippen LogP contribution in [-0.4, -0.2) is 30.2 Å². The lowest BCUT2D eigenvalue weighted by molar-refractivity contribution is -0.0566. The van der Waals surface area contributed by atoms with Crippen LogP contribution >= 0.6 is 0 Å². The minimum Gasteiger partial charge on any atom is -0.445 e. The van der Waals surface area contributed by atoms with Crippen molar-refractivity contribution in [2.75, 3.05) is 13.1 Å². The SMILES string of the molecule is CCN(CC)C(=O)O[C@@H]1C(C)(C)[C@H]2CC[C@]1(C)C2. The van der Waals surface area contributed by atoms with Crippen molar-refractivity contribution >= 4 is 6.09 Å². The predicted molar refractivity (Wildman–Crippen MR) is 72.4 cm³/mol. The molecule has 0 saturated heterocycles. The van der Waals surface area contributed by atoms with Gasteiger partial charge in [-0.25, -0.2) is 4.79 Å². The Hall–Kier alpha value is -0.730. The van der Waals surface area contributed by atoms with Gasteiger partial charge in [0.2, 0.25) is 0 Å². The highest BCUT2D eigenvalue weighted by Crippen LogP contribution is 2.63. The van der Waals surface area contributed by atoms with E-state index < -0.39 is 0 Å². The fourth-order valence-electron chi connectivity index (χ4n) is 4.21. The Kier molecular flexibility index (Phi) is 3.37. The second-order valence-corrected chi connectivity index (χ2v) is 6.85. The van der Waals surface area contributed by atoms with E-state index in [9.17, 15) is 4.79 Å². The maximum absolute atomic E-state index is 12.2. The van der Waals surface area contributed by atoms with Crippen LogP contribution in [0, 0.1) is 16.7 Å². The van der Waals surface area contributed by atoms with E-state index in [1.807, 2.05) is 13.8 Å². The predicted octanol–water partition coefficient (Wildman–Crippen LogP) is 3.68. The summed E-state index contributed by atoms with van der Waals surface area (Å²) in [6.45, 7) is 12.3. The first-order valence-corrected chi connectivity index (χ1v) is 7.30. The van der Waals surface area contributed by atoms with Gasteiger partial charge in [0.05, 0.1) is 0 Å². The van der Waals surface area contributed by atoms with E-state index in [2.05, 4.69) is 20.8 Å². The molecule has 3 heteroatoms. The molecule has 2 bridgehead atoms. The Bertz CT molecular complexity index is 331. The molecule has 1 amide bonds. The highest BCUT2D eigenvalue weighted by atomic mass is 16.6. The Morgan fingerprint density at radius 2 is 1.89 bits per heavy atom. The molecule has 0 heterocycles. The maximum Gasteiger partial charge on any atom is 0.410 e. The van der Waals surface area contributed by atoms with Gasteiger partial charge in [-0.1, -0.05) is 20.8 Å². The average molecular weight is 253 g/mol. The van der Waals surface area contributed by atoms with Crippen LogP contribution in [0.5, 0.6) is 0 Å². The number of carbonyl (C=O) groups is 1. The molecule has 0 unspecified atom stereocenters. The van der Waals surface area contributed by atoms with E-state index >= 15 is 0 Å². The molecule has 2 aliphatic carbocycles. The summed E-state index contributed by atoms with van der Waals surface area (Å²) in [6.07, 6.45) is 3.67. The highest BCUT2D eigenvalue weighted by molar-refractivity contribution is 5.68. The topological polar surface area (TPSA) is 29.5 Å². The molecule has 2 saturated carbocycles. The number of hydrogen-bond donors (Lipinski definition) is 0. The molecule has 0 aromatic rings. The van der Waals surface area contributed by atoms with Crippen LogP contribution in [0.4, 0.5) is 4.79 Å². The molecule has 0 spiro atoms. The summed E-state index contributed by atoms with van der Waals surface area (Å²) in [5.74, 6) is 0.719. The lowest BCUT2D eigenvalue weighted by Crippen LogP contribution is -2.46. The Labute approximate surface area is 111 Å². The Morgan fingerprint density at radius 3 is 2.33 bits per heavy atom. The zero-order valence-electron chi connectivity index (χ0n) is 12.5. The summed E-state index contributed by atoms with van der Waals surface area (Å²) >= 11 is 0. The molecule has 0 aliphatic heterocycles. The Morgan fingerprint density at radius 1 is 1.28 bits per heavy atom. The van der Waals surface area contributed by atoms with Crippen molar-refractivity contribution < 1.29 is 9.53 Å². The lowest BCUT2D eigenvalue weighted by atomic mass is 9.70. The first kappa shape index (κ1) is 13.7.